The van der Waals surface area contributed by atoms with E-state index in [1.54, 1.807) is 18.2 Å². The molecule has 1 N–H and O–H groups in total. The van der Waals surface area contributed by atoms with Gasteiger partial charge in [-0.25, -0.2) is 0 Å². The SMILES string of the molecule is Oc1cccc(C2OCCO2)c1. The van der Waals surface area contributed by atoms with Crippen LogP contribution in [0.4, 0.5) is 0 Å². The molecule has 1 aliphatic rings. The molecule has 1 fully saturated rings. The third kappa shape index (κ3) is 1.42. The second-order valence-electron chi connectivity index (χ2n) is 2.67. The van der Waals surface area contributed by atoms with Crippen molar-refractivity contribution in [2.45, 2.75) is 6.29 Å². The normalized spacial score (nSPS) is 18.3. The zero-order chi connectivity index (χ0) is 8.39. The summed E-state index contributed by atoms with van der Waals surface area (Å²) in [5, 5.41) is 9.16. The van der Waals surface area contributed by atoms with Gasteiger partial charge in [0.15, 0.2) is 6.29 Å². The molecule has 0 atom stereocenters. The Morgan fingerprint density at radius 2 is 2.00 bits per heavy atom. The summed E-state index contributed by atoms with van der Waals surface area (Å²) in [5.74, 6) is 0.242. The third-order valence-electron chi connectivity index (χ3n) is 1.76. The lowest BCUT2D eigenvalue weighted by Crippen LogP contribution is -1.96. The number of benzene rings is 1. The van der Waals surface area contributed by atoms with Gasteiger partial charge in [-0.2, -0.15) is 0 Å². The van der Waals surface area contributed by atoms with E-state index in [0.717, 1.165) is 5.56 Å². The zero-order valence-corrected chi connectivity index (χ0v) is 6.56. The van der Waals surface area contributed by atoms with Crippen molar-refractivity contribution in [2.75, 3.05) is 13.2 Å². The van der Waals surface area contributed by atoms with Gasteiger partial charge in [-0.3, -0.25) is 0 Å². The molecule has 1 aromatic carbocycles. The lowest BCUT2D eigenvalue weighted by Gasteiger charge is -2.08. The van der Waals surface area contributed by atoms with E-state index >= 15 is 0 Å². The first kappa shape index (κ1) is 7.58. The second-order valence-corrected chi connectivity index (χ2v) is 2.67. The van der Waals surface area contributed by atoms with Gasteiger partial charge in [0.05, 0.1) is 13.2 Å². The molecule has 0 spiro atoms. The molecule has 0 radical (unpaired) electrons. The first-order valence-corrected chi connectivity index (χ1v) is 3.88. The molecular weight excluding hydrogens is 156 g/mol. The van der Waals surface area contributed by atoms with Crippen LogP contribution in [0.3, 0.4) is 0 Å². The van der Waals surface area contributed by atoms with Gasteiger partial charge in [0, 0.05) is 5.56 Å². The fraction of sp³-hybridized carbons (Fsp3) is 0.333. The summed E-state index contributed by atoms with van der Waals surface area (Å²) in [5.41, 5.74) is 0.868. The van der Waals surface area contributed by atoms with Crippen LogP contribution in [0.1, 0.15) is 11.9 Å². The molecular formula is C9H10O3. The largest absolute Gasteiger partial charge is 0.508 e. The van der Waals surface area contributed by atoms with E-state index < -0.39 is 0 Å². The van der Waals surface area contributed by atoms with Crippen molar-refractivity contribution >= 4 is 0 Å². The van der Waals surface area contributed by atoms with E-state index in [9.17, 15) is 0 Å². The van der Waals surface area contributed by atoms with Gasteiger partial charge in [0.25, 0.3) is 0 Å². The minimum atomic E-state index is -0.294. The summed E-state index contributed by atoms with van der Waals surface area (Å²) in [6.45, 7) is 1.25. The Morgan fingerprint density at radius 3 is 2.67 bits per heavy atom. The Morgan fingerprint density at radius 1 is 1.25 bits per heavy atom. The van der Waals surface area contributed by atoms with E-state index in [-0.39, 0.29) is 12.0 Å². The van der Waals surface area contributed by atoms with Gasteiger partial charge in [0.1, 0.15) is 5.75 Å². The second kappa shape index (κ2) is 3.13. The Labute approximate surface area is 70.5 Å². The molecule has 2 rings (SSSR count). The van der Waals surface area contributed by atoms with Crippen LogP contribution in [-0.2, 0) is 9.47 Å². The summed E-state index contributed by atoms with van der Waals surface area (Å²) < 4.78 is 10.5. The number of ether oxygens (including phenoxy) is 2. The lowest BCUT2D eigenvalue weighted by atomic mass is 10.2. The number of aromatic hydroxyl groups is 1. The average molecular weight is 166 g/mol. The Hall–Kier alpha value is -1.06. The van der Waals surface area contributed by atoms with E-state index in [1.807, 2.05) is 6.07 Å². The van der Waals surface area contributed by atoms with Crippen molar-refractivity contribution in [1.82, 2.24) is 0 Å². The van der Waals surface area contributed by atoms with E-state index in [2.05, 4.69) is 0 Å². The van der Waals surface area contributed by atoms with Crippen LogP contribution in [0.15, 0.2) is 24.3 Å². The predicted molar refractivity (Wildman–Crippen MR) is 42.8 cm³/mol. The summed E-state index contributed by atoms with van der Waals surface area (Å²) in [4.78, 5) is 0. The van der Waals surface area contributed by atoms with Gasteiger partial charge in [-0.05, 0) is 12.1 Å². The smallest absolute Gasteiger partial charge is 0.184 e. The Bertz CT molecular complexity index is 266. The molecule has 1 aromatic rings. The number of phenols is 1. The molecule has 64 valence electrons. The molecule has 0 aromatic heterocycles. The molecule has 0 unspecified atom stereocenters. The average Bonchev–Trinajstić information content (AvgIpc) is 2.56. The molecule has 3 nitrogen and oxygen atoms in total. The molecule has 0 aliphatic carbocycles. The molecule has 1 aliphatic heterocycles. The maximum atomic E-state index is 9.16. The Balaban J connectivity index is 2.21. The number of hydrogen-bond acceptors (Lipinski definition) is 3. The van der Waals surface area contributed by atoms with Crippen molar-refractivity contribution < 1.29 is 14.6 Å². The van der Waals surface area contributed by atoms with Crippen LogP contribution in [-0.4, -0.2) is 18.3 Å². The van der Waals surface area contributed by atoms with Gasteiger partial charge >= 0.3 is 0 Å². The van der Waals surface area contributed by atoms with Crippen LogP contribution in [0.2, 0.25) is 0 Å². The number of rotatable bonds is 1. The molecule has 12 heavy (non-hydrogen) atoms. The molecule has 3 heteroatoms. The summed E-state index contributed by atoms with van der Waals surface area (Å²) >= 11 is 0. The van der Waals surface area contributed by atoms with Crippen LogP contribution < -0.4 is 0 Å². The summed E-state index contributed by atoms with van der Waals surface area (Å²) in [6, 6.07) is 6.92. The number of phenolic OH excluding ortho intramolecular Hbond substituents is 1. The highest BCUT2D eigenvalue weighted by Gasteiger charge is 2.17. The maximum absolute atomic E-state index is 9.16. The van der Waals surface area contributed by atoms with Gasteiger partial charge < -0.3 is 14.6 Å². The van der Waals surface area contributed by atoms with Crippen molar-refractivity contribution in [3.63, 3.8) is 0 Å². The molecule has 1 saturated heterocycles. The van der Waals surface area contributed by atoms with Crippen LogP contribution in [0.5, 0.6) is 5.75 Å². The Kier molecular flexibility index (Phi) is 1.98. The first-order chi connectivity index (χ1) is 5.86. The van der Waals surface area contributed by atoms with E-state index in [4.69, 9.17) is 14.6 Å². The van der Waals surface area contributed by atoms with Crippen LogP contribution in [0, 0.1) is 0 Å². The summed E-state index contributed by atoms with van der Waals surface area (Å²) in [6.07, 6.45) is -0.294. The topological polar surface area (TPSA) is 38.7 Å². The fourth-order valence-corrected chi connectivity index (χ4v) is 1.22. The van der Waals surface area contributed by atoms with Crippen molar-refractivity contribution in [3.8, 4) is 5.75 Å². The third-order valence-corrected chi connectivity index (χ3v) is 1.76. The van der Waals surface area contributed by atoms with E-state index in [0.29, 0.717) is 13.2 Å². The van der Waals surface area contributed by atoms with Crippen molar-refractivity contribution in [3.05, 3.63) is 29.8 Å². The lowest BCUT2D eigenvalue weighted by molar-refractivity contribution is -0.0442. The van der Waals surface area contributed by atoms with Crippen LogP contribution >= 0.6 is 0 Å². The van der Waals surface area contributed by atoms with Gasteiger partial charge in [0.2, 0.25) is 0 Å². The van der Waals surface area contributed by atoms with Crippen molar-refractivity contribution in [2.24, 2.45) is 0 Å². The quantitative estimate of drug-likeness (QED) is 0.686. The van der Waals surface area contributed by atoms with Gasteiger partial charge in [-0.1, -0.05) is 12.1 Å². The highest BCUT2D eigenvalue weighted by atomic mass is 16.7. The standard InChI is InChI=1S/C9H10O3/c10-8-3-1-2-7(6-8)9-11-4-5-12-9/h1-3,6,9-10H,4-5H2. The zero-order valence-electron chi connectivity index (χ0n) is 6.56. The van der Waals surface area contributed by atoms with E-state index in [1.165, 1.54) is 0 Å². The minimum Gasteiger partial charge on any atom is -0.508 e. The van der Waals surface area contributed by atoms with Crippen molar-refractivity contribution in [1.29, 1.82) is 0 Å². The minimum absolute atomic E-state index is 0.242. The van der Waals surface area contributed by atoms with Gasteiger partial charge in [-0.15, -0.1) is 0 Å². The highest BCUT2D eigenvalue weighted by molar-refractivity contribution is 5.28. The molecule has 0 amide bonds. The monoisotopic (exact) mass is 166 g/mol. The molecule has 0 bridgehead atoms. The van der Waals surface area contributed by atoms with Crippen LogP contribution in [0.25, 0.3) is 0 Å². The predicted octanol–water partition coefficient (Wildman–Crippen LogP) is 1.44. The molecule has 1 heterocycles. The summed E-state index contributed by atoms with van der Waals surface area (Å²) in [7, 11) is 0. The fourth-order valence-electron chi connectivity index (χ4n) is 1.22. The first-order valence-electron chi connectivity index (χ1n) is 3.88. The maximum Gasteiger partial charge on any atom is 0.184 e. The number of hydrogen-bond donors (Lipinski definition) is 1. The molecule has 0 saturated carbocycles. The highest BCUT2D eigenvalue weighted by Crippen LogP contribution is 2.25.